The van der Waals surface area contributed by atoms with Gasteiger partial charge in [0, 0.05) is 12.6 Å². The summed E-state index contributed by atoms with van der Waals surface area (Å²) in [6.45, 7) is 13.8. The molecule has 0 saturated carbocycles. The molecule has 1 saturated heterocycles. The first kappa shape index (κ1) is 16.4. The van der Waals surface area contributed by atoms with Crippen molar-refractivity contribution in [1.29, 1.82) is 0 Å². The van der Waals surface area contributed by atoms with Gasteiger partial charge in [0.15, 0.2) is 0 Å². The number of esters is 1. The molecule has 1 aliphatic heterocycles. The highest BCUT2D eigenvalue weighted by atomic mass is 16.5. The minimum absolute atomic E-state index is 0.167. The Labute approximate surface area is 117 Å². The van der Waals surface area contributed by atoms with Crippen molar-refractivity contribution in [1.82, 2.24) is 10.2 Å². The van der Waals surface area contributed by atoms with Crippen LogP contribution in [0, 0.1) is 5.41 Å². The molecular formula is C15H30N2O2. The Morgan fingerprint density at radius 1 is 1.53 bits per heavy atom. The van der Waals surface area contributed by atoms with Gasteiger partial charge in [-0.05, 0) is 45.2 Å². The molecule has 19 heavy (non-hydrogen) atoms. The largest absolute Gasteiger partial charge is 0.468 e. The first-order valence-corrected chi connectivity index (χ1v) is 7.31. The third-order valence-electron chi connectivity index (χ3n) is 4.24. The van der Waals surface area contributed by atoms with Crippen molar-refractivity contribution in [2.45, 2.75) is 59.0 Å². The van der Waals surface area contributed by atoms with Crippen molar-refractivity contribution >= 4 is 5.97 Å². The fraction of sp³-hybridized carbons (Fsp3) is 0.933. The van der Waals surface area contributed by atoms with Crippen molar-refractivity contribution < 1.29 is 9.53 Å². The molecule has 1 aliphatic rings. The van der Waals surface area contributed by atoms with Gasteiger partial charge in [-0.2, -0.15) is 0 Å². The zero-order chi connectivity index (χ0) is 14.7. The van der Waals surface area contributed by atoms with E-state index in [1.54, 1.807) is 0 Å². The summed E-state index contributed by atoms with van der Waals surface area (Å²) < 4.78 is 4.95. The van der Waals surface area contributed by atoms with Crippen molar-refractivity contribution in [3.05, 3.63) is 0 Å². The van der Waals surface area contributed by atoms with E-state index in [4.69, 9.17) is 4.74 Å². The number of rotatable bonds is 6. The Bertz CT molecular complexity index is 317. The highest BCUT2D eigenvalue weighted by Gasteiger charge is 2.39. The average Bonchev–Trinajstić information content (AvgIpc) is 2.69. The summed E-state index contributed by atoms with van der Waals surface area (Å²) in [5.41, 5.74) is -0.191. The minimum atomic E-state index is -0.588. The van der Waals surface area contributed by atoms with Crippen LogP contribution in [0.4, 0.5) is 0 Å². The predicted molar refractivity (Wildman–Crippen MR) is 78.1 cm³/mol. The molecule has 2 unspecified atom stereocenters. The topological polar surface area (TPSA) is 41.6 Å². The van der Waals surface area contributed by atoms with Crippen molar-refractivity contribution in [2.75, 3.05) is 26.7 Å². The van der Waals surface area contributed by atoms with Crippen LogP contribution in [-0.2, 0) is 9.53 Å². The lowest BCUT2D eigenvalue weighted by molar-refractivity contribution is -0.148. The average molecular weight is 270 g/mol. The number of likely N-dealkylation sites (tertiary alicyclic amines) is 1. The van der Waals surface area contributed by atoms with Crippen LogP contribution < -0.4 is 5.32 Å². The molecule has 0 aromatic heterocycles. The smallest absolute Gasteiger partial charge is 0.325 e. The molecule has 1 heterocycles. The van der Waals surface area contributed by atoms with E-state index in [1.165, 1.54) is 13.5 Å². The summed E-state index contributed by atoms with van der Waals surface area (Å²) in [5, 5.41) is 3.28. The Balaban J connectivity index is 2.67. The monoisotopic (exact) mass is 270 g/mol. The second-order valence-electron chi connectivity index (χ2n) is 6.79. The standard InChI is InChI=1S/C15H30N2O2/c1-7-16-15(5,13(18)19-6)10-12(2)17-9-8-14(3,4)11-17/h12,16H,7-11H2,1-6H3. The summed E-state index contributed by atoms with van der Waals surface area (Å²) in [4.78, 5) is 14.5. The quantitative estimate of drug-likeness (QED) is 0.750. The Morgan fingerprint density at radius 2 is 2.16 bits per heavy atom. The first-order chi connectivity index (χ1) is 8.74. The van der Waals surface area contributed by atoms with Crippen LogP contribution in [-0.4, -0.2) is 49.2 Å². The lowest BCUT2D eigenvalue weighted by Crippen LogP contribution is -2.53. The lowest BCUT2D eigenvalue weighted by Gasteiger charge is -2.34. The van der Waals surface area contributed by atoms with Crippen LogP contribution in [0.15, 0.2) is 0 Å². The van der Waals surface area contributed by atoms with Gasteiger partial charge in [-0.1, -0.05) is 20.8 Å². The maximum atomic E-state index is 12.0. The molecule has 1 fully saturated rings. The molecule has 0 aromatic carbocycles. The summed E-state index contributed by atoms with van der Waals surface area (Å²) in [5.74, 6) is -0.167. The fourth-order valence-electron chi connectivity index (χ4n) is 3.09. The maximum absolute atomic E-state index is 12.0. The number of hydrogen-bond acceptors (Lipinski definition) is 4. The minimum Gasteiger partial charge on any atom is -0.468 e. The zero-order valence-electron chi connectivity index (χ0n) is 13.4. The molecule has 0 spiro atoms. The van der Waals surface area contributed by atoms with E-state index >= 15 is 0 Å². The molecular weight excluding hydrogens is 240 g/mol. The molecule has 112 valence electrons. The highest BCUT2D eigenvalue weighted by molar-refractivity contribution is 5.80. The van der Waals surface area contributed by atoms with Gasteiger partial charge < -0.3 is 15.0 Å². The Kier molecular flexibility index (Phi) is 5.39. The SMILES string of the molecule is CCNC(C)(CC(C)N1CCC(C)(C)C1)C(=O)OC. The van der Waals surface area contributed by atoms with Gasteiger partial charge in [-0.15, -0.1) is 0 Å². The van der Waals surface area contributed by atoms with E-state index in [-0.39, 0.29) is 5.97 Å². The molecule has 0 aliphatic carbocycles. The number of nitrogens with one attached hydrogen (secondary N) is 1. The van der Waals surface area contributed by atoms with Crippen molar-refractivity contribution in [3.63, 3.8) is 0 Å². The van der Waals surface area contributed by atoms with Gasteiger partial charge in [0.25, 0.3) is 0 Å². The predicted octanol–water partition coefficient (Wildman–Crippen LogP) is 2.04. The normalized spacial score (nSPS) is 23.9. The van der Waals surface area contributed by atoms with Crippen LogP contribution >= 0.6 is 0 Å². The van der Waals surface area contributed by atoms with Crippen LogP contribution in [0.5, 0.6) is 0 Å². The number of hydrogen-bond donors (Lipinski definition) is 1. The van der Waals surface area contributed by atoms with Gasteiger partial charge in [0.2, 0.25) is 0 Å². The van der Waals surface area contributed by atoms with Gasteiger partial charge in [0.1, 0.15) is 5.54 Å². The molecule has 0 aromatic rings. The molecule has 4 nitrogen and oxygen atoms in total. The second-order valence-corrected chi connectivity index (χ2v) is 6.79. The number of methoxy groups -OCH3 is 1. The lowest BCUT2D eigenvalue weighted by atomic mass is 9.91. The van der Waals surface area contributed by atoms with E-state index in [9.17, 15) is 4.79 Å². The molecule has 1 rings (SSSR count). The summed E-state index contributed by atoms with van der Waals surface area (Å²) in [6.07, 6.45) is 2.01. The summed E-state index contributed by atoms with van der Waals surface area (Å²) >= 11 is 0. The number of nitrogens with zero attached hydrogens (tertiary/aromatic N) is 1. The number of carbonyl (C=O) groups excluding carboxylic acids is 1. The molecule has 1 N–H and O–H groups in total. The maximum Gasteiger partial charge on any atom is 0.325 e. The van der Waals surface area contributed by atoms with Gasteiger partial charge in [0.05, 0.1) is 7.11 Å². The zero-order valence-corrected chi connectivity index (χ0v) is 13.4. The third-order valence-corrected chi connectivity index (χ3v) is 4.24. The fourth-order valence-corrected chi connectivity index (χ4v) is 3.09. The van der Waals surface area contributed by atoms with Crippen molar-refractivity contribution in [3.8, 4) is 0 Å². The first-order valence-electron chi connectivity index (χ1n) is 7.31. The Morgan fingerprint density at radius 3 is 2.58 bits per heavy atom. The van der Waals surface area contributed by atoms with E-state index in [0.717, 1.165) is 26.1 Å². The molecule has 2 atom stereocenters. The highest BCUT2D eigenvalue weighted by Crippen LogP contribution is 2.31. The van der Waals surface area contributed by atoms with E-state index in [2.05, 4.69) is 31.0 Å². The van der Waals surface area contributed by atoms with Crippen LogP contribution in [0.25, 0.3) is 0 Å². The van der Waals surface area contributed by atoms with Crippen molar-refractivity contribution in [2.24, 2.45) is 5.41 Å². The number of likely N-dealkylation sites (N-methyl/N-ethyl adjacent to an activating group) is 1. The number of ether oxygens (including phenoxy) is 1. The van der Waals surface area contributed by atoms with E-state index < -0.39 is 5.54 Å². The van der Waals surface area contributed by atoms with Crippen LogP contribution in [0.1, 0.15) is 47.5 Å². The Hall–Kier alpha value is -0.610. The van der Waals surface area contributed by atoms with Crippen LogP contribution in [0.3, 0.4) is 0 Å². The molecule has 0 bridgehead atoms. The second kappa shape index (κ2) is 6.23. The molecule has 0 amide bonds. The van der Waals surface area contributed by atoms with Gasteiger partial charge in [-0.3, -0.25) is 4.79 Å². The van der Waals surface area contributed by atoms with Gasteiger partial charge in [-0.25, -0.2) is 0 Å². The summed E-state index contributed by atoms with van der Waals surface area (Å²) in [6, 6.07) is 0.380. The van der Waals surface area contributed by atoms with E-state index in [1.807, 2.05) is 13.8 Å². The third kappa shape index (κ3) is 4.18. The molecule has 0 radical (unpaired) electrons. The summed E-state index contributed by atoms with van der Waals surface area (Å²) in [7, 11) is 1.46. The van der Waals surface area contributed by atoms with E-state index in [0.29, 0.717) is 11.5 Å². The molecule has 4 heteroatoms. The van der Waals surface area contributed by atoms with Gasteiger partial charge >= 0.3 is 5.97 Å². The number of carbonyl (C=O) groups is 1. The van der Waals surface area contributed by atoms with Crippen LogP contribution in [0.2, 0.25) is 0 Å².